The summed E-state index contributed by atoms with van der Waals surface area (Å²) in [5, 5.41) is 3.92. The van der Waals surface area contributed by atoms with Gasteiger partial charge in [0.15, 0.2) is 11.3 Å². The predicted octanol–water partition coefficient (Wildman–Crippen LogP) is 5.19. The molecule has 1 unspecified atom stereocenters. The minimum atomic E-state index is -4.70. The van der Waals surface area contributed by atoms with Crippen LogP contribution in [-0.2, 0) is 6.18 Å². The molecular weight excluding hydrogens is 459 g/mol. The summed E-state index contributed by atoms with van der Waals surface area (Å²) in [7, 11) is 1.47. The van der Waals surface area contributed by atoms with Crippen LogP contribution in [0.4, 0.5) is 13.2 Å². The average Bonchev–Trinajstić information content (AvgIpc) is 3.31. The van der Waals surface area contributed by atoms with E-state index in [4.69, 9.17) is 4.74 Å². The molecule has 1 fully saturated rings. The summed E-state index contributed by atoms with van der Waals surface area (Å²) in [6.45, 7) is 0.484. The maximum Gasteiger partial charge on any atom is 0.433 e. The number of carbonyl (C=O) groups is 1. The summed E-state index contributed by atoms with van der Waals surface area (Å²) < 4.78 is 47.9. The largest absolute Gasteiger partial charge is 0.497 e. The first kappa shape index (κ1) is 22.8. The Morgan fingerprint density at radius 2 is 1.97 bits per heavy atom. The second-order valence-corrected chi connectivity index (χ2v) is 8.35. The molecule has 5 rings (SSSR count). The Morgan fingerprint density at radius 3 is 2.71 bits per heavy atom. The van der Waals surface area contributed by atoms with Gasteiger partial charge in [0.1, 0.15) is 11.3 Å². The number of aromatic nitrogens is 4. The molecule has 1 saturated heterocycles. The Kier molecular flexibility index (Phi) is 5.88. The quantitative estimate of drug-likeness (QED) is 0.401. The zero-order chi connectivity index (χ0) is 24.6. The van der Waals surface area contributed by atoms with E-state index >= 15 is 0 Å². The molecule has 1 aromatic carbocycles. The number of hydrogen-bond acceptors (Lipinski definition) is 5. The van der Waals surface area contributed by atoms with Gasteiger partial charge < -0.3 is 9.64 Å². The van der Waals surface area contributed by atoms with Crippen molar-refractivity contribution in [3.05, 3.63) is 77.9 Å². The molecule has 1 amide bonds. The number of pyridine rings is 1. The number of alkyl halides is 3. The van der Waals surface area contributed by atoms with E-state index in [0.29, 0.717) is 22.4 Å². The van der Waals surface area contributed by atoms with E-state index in [0.717, 1.165) is 30.9 Å². The van der Waals surface area contributed by atoms with Crippen molar-refractivity contribution >= 4 is 11.6 Å². The maximum absolute atomic E-state index is 14.0. The lowest BCUT2D eigenvalue weighted by Gasteiger charge is -2.35. The number of fused-ring (bicyclic) bond motifs is 1. The third kappa shape index (κ3) is 4.31. The normalized spacial score (nSPS) is 16.5. The van der Waals surface area contributed by atoms with E-state index in [-0.39, 0.29) is 22.9 Å². The van der Waals surface area contributed by atoms with E-state index < -0.39 is 17.8 Å². The molecule has 0 saturated carbocycles. The number of halogens is 3. The highest BCUT2D eigenvalue weighted by Gasteiger charge is 2.37. The third-order valence-electron chi connectivity index (χ3n) is 6.19. The fourth-order valence-electron chi connectivity index (χ4n) is 4.49. The highest BCUT2D eigenvalue weighted by Crippen LogP contribution is 2.35. The number of hydrogen-bond donors (Lipinski definition) is 0. The Hall–Kier alpha value is -3.95. The van der Waals surface area contributed by atoms with Crippen LogP contribution in [0.3, 0.4) is 0 Å². The van der Waals surface area contributed by atoms with Gasteiger partial charge in [0.05, 0.1) is 25.0 Å². The zero-order valence-corrected chi connectivity index (χ0v) is 18.9. The zero-order valence-electron chi connectivity index (χ0n) is 18.9. The molecule has 10 heteroatoms. The smallest absolute Gasteiger partial charge is 0.433 e. The van der Waals surface area contributed by atoms with Gasteiger partial charge in [-0.3, -0.25) is 9.78 Å². The van der Waals surface area contributed by atoms with Gasteiger partial charge in [0.25, 0.3) is 5.91 Å². The first-order valence-electron chi connectivity index (χ1n) is 11.2. The molecule has 1 aliphatic rings. The van der Waals surface area contributed by atoms with E-state index in [1.807, 2.05) is 6.07 Å². The van der Waals surface area contributed by atoms with Gasteiger partial charge in [-0.1, -0.05) is 18.2 Å². The number of ether oxygens (including phenoxy) is 1. The van der Waals surface area contributed by atoms with Gasteiger partial charge in [0, 0.05) is 24.5 Å². The summed E-state index contributed by atoms with van der Waals surface area (Å²) in [4.78, 5) is 24.0. The summed E-state index contributed by atoms with van der Waals surface area (Å²) >= 11 is 0. The van der Waals surface area contributed by atoms with Crippen molar-refractivity contribution in [1.82, 2.24) is 24.5 Å². The van der Waals surface area contributed by atoms with Crippen LogP contribution >= 0.6 is 0 Å². The van der Waals surface area contributed by atoms with Gasteiger partial charge >= 0.3 is 6.18 Å². The fraction of sp³-hybridized carbons (Fsp3) is 0.280. The molecule has 1 atom stereocenters. The first-order valence-corrected chi connectivity index (χ1v) is 11.2. The van der Waals surface area contributed by atoms with Crippen molar-refractivity contribution in [3.63, 3.8) is 0 Å². The molecule has 7 nitrogen and oxygen atoms in total. The van der Waals surface area contributed by atoms with Crippen LogP contribution in [0.1, 0.15) is 46.9 Å². The van der Waals surface area contributed by atoms with Crippen molar-refractivity contribution in [3.8, 4) is 17.0 Å². The molecule has 0 aliphatic carbocycles. The van der Waals surface area contributed by atoms with E-state index in [9.17, 15) is 18.0 Å². The van der Waals surface area contributed by atoms with Crippen LogP contribution in [0.15, 0.2) is 61.1 Å². The molecule has 0 spiro atoms. The van der Waals surface area contributed by atoms with Crippen molar-refractivity contribution < 1.29 is 22.7 Å². The SMILES string of the molecule is COc1cccc(-c2cc(C(F)(F)F)n3ncc(C(=O)N4CCCCC4c4cccnc4)c3n2)c1. The fourth-order valence-corrected chi connectivity index (χ4v) is 4.49. The third-order valence-corrected chi connectivity index (χ3v) is 6.19. The number of likely N-dealkylation sites (tertiary alicyclic amines) is 1. The van der Waals surface area contributed by atoms with Crippen LogP contribution in [0.2, 0.25) is 0 Å². The summed E-state index contributed by atoms with van der Waals surface area (Å²) in [5.74, 6) is 0.0761. The van der Waals surface area contributed by atoms with Crippen molar-refractivity contribution in [2.45, 2.75) is 31.5 Å². The highest BCUT2D eigenvalue weighted by molar-refractivity contribution is 6.00. The van der Waals surface area contributed by atoms with Gasteiger partial charge in [0.2, 0.25) is 0 Å². The number of nitrogens with zero attached hydrogens (tertiary/aromatic N) is 5. The molecule has 180 valence electrons. The molecule has 3 aromatic heterocycles. The lowest BCUT2D eigenvalue weighted by molar-refractivity contribution is -0.142. The first-order chi connectivity index (χ1) is 16.9. The Bertz CT molecular complexity index is 1370. The lowest BCUT2D eigenvalue weighted by atomic mass is 9.95. The average molecular weight is 481 g/mol. The van der Waals surface area contributed by atoms with Crippen molar-refractivity contribution in [2.24, 2.45) is 0 Å². The summed E-state index contributed by atoms with van der Waals surface area (Å²) in [6.07, 6.45) is 2.33. The van der Waals surface area contributed by atoms with E-state index in [1.54, 1.807) is 47.6 Å². The molecule has 4 aromatic rings. The molecule has 35 heavy (non-hydrogen) atoms. The second kappa shape index (κ2) is 9.01. The van der Waals surface area contributed by atoms with E-state index in [1.165, 1.54) is 13.3 Å². The van der Waals surface area contributed by atoms with Crippen LogP contribution in [-0.4, -0.2) is 44.0 Å². The Labute approximate surface area is 199 Å². The van der Waals surface area contributed by atoms with Crippen molar-refractivity contribution in [2.75, 3.05) is 13.7 Å². The molecule has 4 heterocycles. The van der Waals surface area contributed by atoms with Gasteiger partial charge in [-0.15, -0.1) is 0 Å². The maximum atomic E-state index is 14.0. The minimum absolute atomic E-state index is 0.0241. The number of benzene rings is 1. The molecular formula is C25H22F3N5O2. The predicted molar refractivity (Wildman–Crippen MR) is 122 cm³/mol. The Balaban J connectivity index is 1.63. The second-order valence-electron chi connectivity index (χ2n) is 8.35. The van der Waals surface area contributed by atoms with Crippen LogP contribution in [0.25, 0.3) is 16.9 Å². The number of carbonyl (C=O) groups excluding carboxylic acids is 1. The van der Waals surface area contributed by atoms with Gasteiger partial charge in [-0.25, -0.2) is 9.50 Å². The van der Waals surface area contributed by atoms with Crippen molar-refractivity contribution in [1.29, 1.82) is 0 Å². The molecule has 0 N–H and O–H groups in total. The topological polar surface area (TPSA) is 72.6 Å². The molecule has 0 bridgehead atoms. The minimum Gasteiger partial charge on any atom is -0.497 e. The monoisotopic (exact) mass is 481 g/mol. The lowest BCUT2D eigenvalue weighted by Crippen LogP contribution is -2.38. The van der Waals surface area contributed by atoms with Gasteiger partial charge in [-0.2, -0.15) is 18.3 Å². The summed E-state index contributed by atoms with van der Waals surface area (Å²) in [5.41, 5.74) is 0.262. The van der Waals surface area contributed by atoms with Crippen LogP contribution in [0, 0.1) is 0 Å². The van der Waals surface area contributed by atoms with Gasteiger partial charge in [-0.05, 0) is 49.1 Å². The Morgan fingerprint density at radius 1 is 1.11 bits per heavy atom. The number of rotatable bonds is 4. The molecule has 0 radical (unpaired) electrons. The van der Waals surface area contributed by atoms with E-state index in [2.05, 4.69) is 15.1 Å². The number of piperidine rings is 1. The standard InChI is InChI=1S/C25H22F3N5O2/c1-35-18-8-4-6-16(12-18)20-13-22(25(26,27)28)33-23(31-20)19(15-30-33)24(34)32-11-3-2-9-21(32)17-7-5-10-29-14-17/h4-8,10,12-15,21H,2-3,9,11H2,1H3. The summed E-state index contributed by atoms with van der Waals surface area (Å²) in [6, 6.07) is 11.0. The number of methoxy groups -OCH3 is 1. The van der Waals surface area contributed by atoms with Crippen LogP contribution < -0.4 is 4.74 Å². The van der Waals surface area contributed by atoms with Crippen LogP contribution in [0.5, 0.6) is 5.75 Å². The number of amides is 1. The highest BCUT2D eigenvalue weighted by atomic mass is 19.4. The molecule has 1 aliphatic heterocycles.